The molecular formula is C29H25FN2O4. The van der Waals surface area contributed by atoms with E-state index in [4.69, 9.17) is 4.74 Å². The number of carbonyl (C=O) groups excluding carboxylic acids is 2. The van der Waals surface area contributed by atoms with E-state index in [2.05, 4.69) is 4.98 Å². The number of amides is 1. The summed E-state index contributed by atoms with van der Waals surface area (Å²) in [6, 6.07) is 19.3. The van der Waals surface area contributed by atoms with Gasteiger partial charge in [-0.05, 0) is 66.9 Å². The van der Waals surface area contributed by atoms with Gasteiger partial charge in [0.25, 0.3) is 11.7 Å². The number of para-hydroxylation sites is 1. The van der Waals surface area contributed by atoms with Gasteiger partial charge in [-0.1, -0.05) is 30.3 Å². The monoisotopic (exact) mass is 484 g/mol. The number of hydrogen-bond acceptors (Lipinski definition) is 4. The Hall–Kier alpha value is -4.39. The average Bonchev–Trinajstić information content (AvgIpc) is 3.35. The Balaban J connectivity index is 1.57. The molecule has 4 aromatic rings. The molecule has 2 N–H and O–H groups in total. The van der Waals surface area contributed by atoms with Crippen molar-refractivity contribution in [3.8, 4) is 5.75 Å². The fraction of sp³-hybridized carbons (Fsp3) is 0.172. The van der Waals surface area contributed by atoms with E-state index < -0.39 is 23.5 Å². The highest BCUT2D eigenvalue weighted by Crippen LogP contribution is 2.40. The van der Waals surface area contributed by atoms with Crippen molar-refractivity contribution in [2.24, 2.45) is 0 Å². The zero-order valence-electron chi connectivity index (χ0n) is 19.9. The Morgan fingerprint density at radius 2 is 1.72 bits per heavy atom. The maximum absolute atomic E-state index is 13.7. The lowest BCUT2D eigenvalue weighted by atomic mass is 9.95. The number of aromatic amines is 1. The molecule has 1 unspecified atom stereocenters. The first-order valence-electron chi connectivity index (χ1n) is 11.6. The molecule has 182 valence electrons. The number of aromatic nitrogens is 1. The Kier molecular flexibility index (Phi) is 6.06. The number of halogens is 1. The van der Waals surface area contributed by atoms with Crippen molar-refractivity contribution >= 4 is 28.4 Å². The molecule has 5 rings (SSSR count). The lowest BCUT2D eigenvalue weighted by molar-refractivity contribution is -0.139. The second-order valence-corrected chi connectivity index (χ2v) is 8.80. The molecule has 0 saturated carbocycles. The quantitative estimate of drug-likeness (QED) is 0.221. The molecule has 1 fully saturated rings. The van der Waals surface area contributed by atoms with E-state index in [1.165, 1.54) is 36.3 Å². The molecule has 1 aliphatic rings. The van der Waals surface area contributed by atoms with Gasteiger partial charge >= 0.3 is 0 Å². The van der Waals surface area contributed by atoms with E-state index in [9.17, 15) is 19.1 Å². The largest absolute Gasteiger partial charge is 0.507 e. The van der Waals surface area contributed by atoms with E-state index in [0.717, 1.165) is 22.2 Å². The van der Waals surface area contributed by atoms with Gasteiger partial charge < -0.3 is 19.7 Å². The minimum Gasteiger partial charge on any atom is -0.507 e. The van der Waals surface area contributed by atoms with Crippen LogP contribution in [0.4, 0.5) is 4.39 Å². The van der Waals surface area contributed by atoms with Gasteiger partial charge in [-0.15, -0.1) is 0 Å². The van der Waals surface area contributed by atoms with E-state index in [1.807, 2.05) is 31.2 Å². The van der Waals surface area contributed by atoms with E-state index in [-0.39, 0.29) is 17.9 Å². The van der Waals surface area contributed by atoms with Crippen LogP contribution in [0.1, 0.15) is 28.4 Å². The highest BCUT2D eigenvalue weighted by Gasteiger charge is 2.45. The summed E-state index contributed by atoms with van der Waals surface area (Å²) in [4.78, 5) is 31.3. The molecule has 36 heavy (non-hydrogen) atoms. The summed E-state index contributed by atoms with van der Waals surface area (Å²) in [6.07, 6.45) is 0.503. The molecule has 0 spiro atoms. The summed E-state index contributed by atoms with van der Waals surface area (Å²) in [5.41, 5.74) is 3.95. The number of ketones is 1. The topological polar surface area (TPSA) is 82.6 Å². The molecule has 6 nitrogen and oxygen atoms in total. The normalized spacial score (nSPS) is 17.2. The van der Waals surface area contributed by atoms with Crippen LogP contribution in [0, 0.1) is 12.7 Å². The SMILES string of the molecule is COc1ccc(/C(O)=C2\C(=O)C(=O)N(CCc3c(C)[nH]c4ccccc34)C2c2ccc(F)cc2)cc1. The third-order valence-corrected chi connectivity index (χ3v) is 6.72. The van der Waals surface area contributed by atoms with Gasteiger partial charge in [0.05, 0.1) is 18.7 Å². The second-order valence-electron chi connectivity index (χ2n) is 8.80. The predicted octanol–water partition coefficient (Wildman–Crippen LogP) is 5.29. The van der Waals surface area contributed by atoms with Crippen LogP contribution in [0.5, 0.6) is 5.75 Å². The number of carbonyl (C=O) groups is 2. The second kappa shape index (κ2) is 9.34. The number of likely N-dealkylation sites (tertiary alicyclic amines) is 1. The number of rotatable bonds is 6. The minimum atomic E-state index is -0.849. The van der Waals surface area contributed by atoms with Crippen LogP contribution in [0.2, 0.25) is 0 Å². The van der Waals surface area contributed by atoms with Crippen LogP contribution in [-0.2, 0) is 16.0 Å². The Morgan fingerprint density at radius 1 is 1.03 bits per heavy atom. The van der Waals surface area contributed by atoms with E-state index in [1.54, 1.807) is 24.3 Å². The fourth-order valence-corrected chi connectivity index (χ4v) is 4.90. The predicted molar refractivity (Wildman–Crippen MR) is 135 cm³/mol. The highest BCUT2D eigenvalue weighted by atomic mass is 19.1. The number of hydrogen-bond donors (Lipinski definition) is 2. The number of aliphatic hydroxyl groups excluding tert-OH is 1. The number of benzene rings is 3. The lowest BCUT2D eigenvalue weighted by Crippen LogP contribution is -2.31. The first kappa shape index (κ1) is 23.4. The number of aryl methyl sites for hydroxylation is 1. The first-order chi connectivity index (χ1) is 17.4. The van der Waals surface area contributed by atoms with Crippen molar-refractivity contribution in [3.05, 3.63) is 107 Å². The number of ether oxygens (including phenoxy) is 1. The van der Waals surface area contributed by atoms with Crippen molar-refractivity contribution in [2.75, 3.05) is 13.7 Å². The van der Waals surface area contributed by atoms with Gasteiger partial charge in [-0.3, -0.25) is 9.59 Å². The molecule has 0 radical (unpaired) electrons. The molecule has 0 aliphatic carbocycles. The average molecular weight is 485 g/mol. The Bertz CT molecular complexity index is 1490. The number of nitrogens with one attached hydrogen (secondary N) is 1. The Labute approximate surface area is 207 Å². The van der Waals surface area contributed by atoms with Crippen molar-refractivity contribution in [3.63, 3.8) is 0 Å². The highest BCUT2D eigenvalue weighted by molar-refractivity contribution is 6.46. The molecule has 0 bridgehead atoms. The van der Waals surface area contributed by atoms with Gasteiger partial charge in [0, 0.05) is 28.7 Å². The maximum Gasteiger partial charge on any atom is 0.295 e. The summed E-state index contributed by atoms with van der Waals surface area (Å²) in [6.45, 7) is 2.22. The van der Waals surface area contributed by atoms with Crippen LogP contribution in [0.3, 0.4) is 0 Å². The molecule has 7 heteroatoms. The summed E-state index contributed by atoms with van der Waals surface area (Å²) >= 11 is 0. The molecule has 1 aromatic heterocycles. The van der Waals surface area contributed by atoms with Gasteiger partial charge in [-0.25, -0.2) is 4.39 Å². The molecule has 1 amide bonds. The molecular weight excluding hydrogens is 459 g/mol. The summed E-state index contributed by atoms with van der Waals surface area (Å²) < 4.78 is 18.9. The number of Topliss-reactive ketones (excluding diaryl/α,β-unsaturated/α-hetero) is 1. The first-order valence-corrected chi connectivity index (χ1v) is 11.6. The standard InChI is InChI=1S/C29H25FN2O4/c1-17-22(23-5-3-4-6-24(23)31-17)15-16-32-26(18-7-11-20(30)12-8-18)25(28(34)29(32)35)27(33)19-9-13-21(36-2)14-10-19/h3-14,26,31,33H,15-16H2,1-2H3/b27-25+. The van der Waals surface area contributed by atoms with Crippen LogP contribution in [-0.4, -0.2) is 40.3 Å². The summed E-state index contributed by atoms with van der Waals surface area (Å²) in [5, 5.41) is 12.2. The van der Waals surface area contributed by atoms with Crippen LogP contribution in [0.25, 0.3) is 16.7 Å². The maximum atomic E-state index is 13.7. The van der Waals surface area contributed by atoms with Gasteiger partial charge in [0.15, 0.2) is 0 Å². The molecule has 3 aromatic carbocycles. The van der Waals surface area contributed by atoms with Crippen molar-refractivity contribution in [2.45, 2.75) is 19.4 Å². The fourth-order valence-electron chi connectivity index (χ4n) is 4.90. The molecule has 1 atom stereocenters. The van der Waals surface area contributed by atoms with Crippen molar-refractivity contribution < 1.29 is 23.8 Å². The van der Waals surface area contributed by atoms with Crippen molar-refractivity contribution in [1.29, 1.82) is 0 Å². The van der Waals surface area contributed by atoms with Crippen LogP contribution < -0.4 is 4.74 Å². The number of aliphatic hydroxyl groups is 1. The molecule has 2 heterocycles. The minimum absolute atomic E-state index is 0.0209. The van der Waals surface area contributed by atoms with Gasteiger partial charge in [-0.2, -0.15) is 0 Å². The van der Waals surface area contributed by atoms with E-state index in [0.29, 0.717) is 23.3 Å². The Morgan fingerprint density at radius 3 is 2.42 bits per heavy atom. The van der Waals surface area contributed by atoms with Gasteiger partial charge in [0.2, 0.25) is 0 Å². The zero-order chi connectivity index (χ0) is 25.4. The number of H-pyrrole nitrogens is 1. The third kappa shape index (κ3) is 4.02. The zero-order valence-corrected chi connectivity index (χ0v) is 19.9. The molecule has 1 saturated heterocycles. The van der Waals surface area contributed by atoms with Crippen molar-refractivity contribution in [1.82, 2.24) is 9.88 Å². The smallest absolute Gasteiger partial charge is 0.295 e. The number of methoxy groups -OCH3 is 1. The summed E-state index contributed by atoms with van der Waals surface area (Å²) in [7, 11) is 1.53. The van der Waals surface area contributed by atoms with E-state index >= 15 is 0 Å². The summed E-state index contributed by atoms with van der Waals surface area (Å²) in [5.74, 6) is -1.59. The third-order valence-electron chi connectivity index (χ3n) is 6.72. The van der Waals surface area contributed by atoms with Crippen LogP contribution in [0.15, 0.2) is 78.4 Å². The number of nitrogens with zero attached hydrogens (tertiary/aromatic N) is 1. The lowest BCUT2D eigenvalue weighted by Gasteiger charge is -2.25. The van der Waals surface area contributed by atoms with Gasteiger partial charge in [0.1, 0.15) is 17.3 Å². The molecule has 1 aliphatic heterocycles. The van der Waals surface area contributed by atoms with Crippen LogP contribution >= 0.6 is 0 Å². The number of fused-ring (bicyclic) bond motifs is 1.